The van der Waals surface area contributed by atoms with Crippen molar-refractivity contribution in [1.29, 1.82) is 0 Å². The summed E-state index contributed by atoms with van der Waals surface area (Å²) in [6.45, 7) is 0.455. The molecular weight excluding hydrogens is 347 g/mol. The van der Waals surface area contributed by atoms with Crippen LogP contribution >= 0.6 is 23.2 Å². The fourth-order valence-corrected chi connectivity index (χ4v) is 2.88. The summed E-state index contributed by atoms with van der Waals surface area (Å²) in [4.78, 5) is 14.4. The topological polar surface area (TPSA) is 41.6 Å². The fourth-order valence-electron chi connectivity index (χ4n) is 2.38. The van der Waals surface area contributed by atoms with E-state index >= 15 is 0 Å². The molecule has 0 saturated carbocycles. The minimum absolute atomic E-state index is 0.0333. The molecule has 24 heavy (non-hydrogen) atoms. The molecule has 2 aromatic carbocycles. The minimum atomic E-state index is -0.225. The van der Waals surface area contributed by atoms with Gasteiger partial charge in [0.05, 0.1) is 23.7 Å². The largest absolute Gasteiger partial charge is 0.497 e. The first-order valence-corrected chi connectivity index (χ1v) is 8.21. The van der Waals surface area contributed by atoms with Gasteiger partial charge in [0.1, 0.15) is 5.75 Å². The van der Waals surface area contributed by atoms with Gasteiger partial charge in [-0.25, -0.2) is 0 Å². The lowest BCUT2D eigenvalue weighted by Gasteiger charge is -2.25. The third-order valence-electron chi connectivity index (χ3n) is 3.76. The molecule has 0 radical (unpaired) electrons. The Labute approximate surface area is 152 Å². The van der Waals surface area contributed by atoms with Crippen molar-refractivity contribution in [1.82, 2.24) is 10.2 Å². The van der Waals surface area contributed by atoms with E-state index < -0.39 is 0 Å². The number of likely N-dealkylation sites (N-methyl/N-ethyl adjacent to an activating group) is 1. The molecule has 1 atom stereocenters. The van der Waals surface area contributed by atoms with Crippen LogP contribution in [0, 0.1) is 0 Å². The van der Waals surface area contributed by atoms with Gasteiger partial charge in [-0.2, -0.15) is 0 Å². The van der Waals surface area contributed by atoms with E-state index in [2.05, 4.69) is 5.32 Å². The van der Waals surface area contributed by atoms with Crippen molar-refractivity contribution in [2.24, 2.45) is 0 Å². The SMILES string of the molecule is COc1ccc([C@@H](CNC(=O)c2ccc(Cl)cc2Cl)N(C)C)cc1. The van der Waals surface area contributed by atoms with Crippen molar-refractivity contribution in [3.63, 3.8) is 0 Å². The Kier molecular flexibility index (Phi) is 6.49. The van der Waals surface area contributed by atoms with E-state index in [0.717, 1.165) is 11.3 Å². The molecule has 0 bridgehead atoms. The van der Waals surface area contributed by atoms with Crippen molar-refractivity contribution >= 4 is 29.1 Å². The third kappa shape index (κ3) is 4.63. The number of methoxy groups -OCH3 is 1. The second-order valence-electron chi connectivity index (χ2n) is 5.59. The van der Waals surface area contributed by atoms with E-state index in [1.165, 1.54) is 0 Å². The normalized spacial score (nSPS) is 12.1. The number of nitrogens with zero attached hydrogens (tertiary/aromatic N) is 1. The molecule has 0 aliphatic carbocycles. The molecule has 0 aliphatic rings. The van der Waals surface area contributed by atoms with Gasteiger partial charge in [0, 0.05) is 11.6 Å². The van der Waals surface area contributed by atoms with Gasteiger partial charge >= 0.3 is 0 Å². The average Bonchev–Trinajstić information content (AvgIpc) is 2.55. The van der Waals surface area contributed by atoms with Crippen LogP contribution in [0.3, 0.4) is 0 Å². The van der Waals surface area contributed by atoms with Crippen molar-refractivity contribution in [3.05, 3.63) is 63.6 Å². The first kappa shape index (κ1) is 18.6. The van der Waals surface area contributed by atoms with Crippen molar-refractivity contribution < 1.29 is 9.53 Å². The second kappa shape index (κ2) is 8.38. The molecule has 128 valence electrons. The predicted molar refractivity (Wildman–Crippen MR) is 98.2 cm³/mol. The molecule has 0 heterocycles. The quantitative estimate of drug-likeness (QED) is 0.838. The van der Waals surface area contributed by atoms with Gasteiger partial charge in [-0.1, -0.05) is 35.3 Å². The molecule has 0 unspecified atom stereocenters. The average molecular weight is 367 g/mol. The van der Waals surface area contributed by atoms with Crippen LogP contribution in [-0.4, -0.2) is 38.6 Å². The molecule has 2 aromatic rings. The van der Waals surface area contributed by atoms with Crippen LogP contribution in [-0.2, 0) is 0 Å². The third-order valence-corrected chi connectivity index (χ3v) is 4.30. The number of rotatable bonds is 6. The first-order chi connectivity index (χ1) is 11.4. The Hall–Kier alpha value is -1.75. The minimum Gasteiger partial charge on any atom is -0.497 e. The van der Waals surface area contributed by atoms with E-state index in [4.69, 9.17) is 27.9 Å². The van der Waals surface area contributed by atoms with Gasteiger partial charge in [-0.15, -0.1) is 0 Å². The summed E-state index contributed by atoms with van der Waals surface area (Å²) in [5, 5.41) is 3.77. The molecule has 6 heteroatoms. The van der Waals surface area contributed by atoms with E-state index in [-0.39, 0.29) is 11.9 Å². The standard InChI is InChI=1S/C18H20Cl2N2O2/c1-22(2)17(12-4-7-14(24-3)8-5-12)11-21-18(23)15-9-6-13(19)10-16(15)20/h4-10,17H,11H2,1-3H3,(H,21,23)/t17-/m1/s1. The number of hydrogen-bond acceptors (Lipinski definition) is 3. The zero-order chi connectivity index (χ0) is 17.7. The predicted octanol–water partition coefficient (Wildman–Crippen LogP) is 4.03. The van der Waals surface area contributed by atoms with Crippen LogP contribution < -0.4 is 10.1 Å². The molecule has 0 spiro atoms. The lowest BCUT2D eigenvalue weighted by Crippen LogP contribution is -2.34. The number of halogens is 2. The number of nitrogens with one attached hydrogen (secondary N) is 1. The molecule has 0 fully saturated rings. The highest BCUT2D eigenvalue weighted by molar-refractivity contribution is 6.36. The molecular formula is C18H20Cl2N2O2. The fraction of sp³-hybridized carbons (Fsp3) is 0.278. The summed E-state index contributed by atoms with van der Waals surface area (Å²) in [6, 6.07) is 12.7. The van der Waals surface area contributed by atoms with Gasteiger partial charge < -0.3 is 15.0 Å². The van der Waals surface area contributed by atoms with Crippen LogP contribution in [0.5, 0.6) is 5.75 Å². The van der Waals surface area contributed by atoms with E-state index in [0.29, 0.717) is 22.2 Å². The van der Waals surface area contributed by atoms with E-state index in [1.807, 2.05) is 43.3 Å². The van der Waals surface area contributed by atoms with Gasteiger partial charge in [-0.3, -0.25) is 4.79 Å². The molecule has 0 aliphatic heterocycles. The molecule has 4 nitrogen and oxygen atoms in total. The van der Waals surface area contributed by atoms with Crippen LogP contribution in [0.15, 0.2) is 42.5 Å². The lowest BCUT2D eigenvalue weighted by molar-refractivity contribution is 0.0942. The molecule has 2 rings (SSSR count). The summed E-state index contributed by atoms with van der Waals surface area (Å²) in [6.07, 6.45) is 0. The van der Waals surface area contributed by atoms with Crippen LogP contribution in [0.2, 0.25) is 10.0 Å². The zero-order valence-electron chi connectivity index (χ0n) is 13.8. The summed E-state index contributed by atoms with van der Waals surface area (Å²) in [5.41, 5.74) is 1.50. The summed E-state index contributed by atoms with van der Waals surface area (Å²) in [7, 11) is 5.57. The summed E-state index contributed by atoms with van der Waals surface area (Å²) in [5.74, 6) is 0.574. The van der Waals surface area contributed by atoms with E-state index in [9.17, 15) is 4.79 Å². The van der Waals surface area contributed by atoms with Crippen LogP contribution in [0.1, 0.15) is 22.0 Å². The van der Waals surface area contributed by atoms with Crippen LogP contribution in [0.25, 0.3) is 0 Å². The maximum Gasteiger partial charge on any atom is 0.252 e. The van der Waals surface area contributed by atoms with Crippen molar-refractivity contribution in [3.8, 4) is 5.75 Å². The van der Waals surface area contributed by atoms with Gasteiger partial charge in [0.15, 0.2) is 0 Å². The Morgan fingerprint density at radius 1 is 1.17 bits per heavy atom. The monoisotopic (exact) mass is 366 g/mol. The highest BCUT2D eigenvalue weighted by atomic mass is 35.5. The lowest BCUT2D eigenvalue weighted by atomic mass is 10.1. The highest BCUT2D eigenvalue weighted by Crippen LogP contribution is 2.23. The molecule has 1 amide bonds. The number of carbonyl (C=O) groups excluding carboxylic acids is 1. The molecule has 0 saturated heterocycles. The highest BCUT2D eigenvalue weighted by Gasteiger charge is 2.17. The van der Waals surface area contributed by atoms with Crippen molar-refractivity contribution in [2.45, 2.75) is 6.04 Å². The number of ether oxygens (including phenoxy) is 1. The summed E-state index contributed by atoms with van der Waals surface area (Å²) < 4.78 is 5.18. The Morgan fingerprint density at radius 2 is 1.83 bits per heavy atom. The van der Waals surface area contributed by atoms with Gasteiger partial charge in [0.25, 0.3) is 5.91 Å². The number of hydrogen-bond donors (Lipinski definition) is 1. The smallest absolute Gasteiger partial charge is 0.252 e. The molecule has 1 N–H and O–H groups in total. The van der Waals surface area contributed by atoms with E-state index in [1.54, 1.807) is 25.3 Å². The Bertz CT molecular complexity index is 703. The van der Waals surface area contributed by atoms with Crippen LogP contribution in [0.4, 0.5) is 0 Å². The maximum atomic E-state index is 12.4. The maximum absolute atomic E-state index is 12.4. The first-order valence-electron chi connectivity index (χ1n) is 7.46. The van der Waals surface area contributed by atoms with Gasteiger partial charge in [-0.05, 0) is 50.0 Å². The van der Waals surface area contributed by atoms with Gasteiger partial charge in [0.2, 0.25) is 0 Å². The Balaban J connectivity index is 2.09. The number of carbonyl (C=O) groups is 1. The van der Waals surface area contributed by atoms with Crippen molar-refractivity contribution in [2.75, 3.05) is 27.7 Å². The molecule has 0 aromatic heterocycles. The number of benzene rings is 2. The Morgan fingerprint density at radius 3 is 2.38 bits per heavy atom. The zero-order valence-corrected chi connectivity index (χ0v) is 15.4. The number of amides is 1. The second-order valence-corrected chi connectivity index (χ2v) is 6.43. The summed E-state index contributed by atoms with van der Waals surface area (Å²) >= 11 is 11.9.